The zero-order chi connectivity index (χ0) is 11.7. The summed E-state index contributed by atoms with van der Waals surface area (Å²) in [5, 5.41) is 0.766. The molecule has 0 saturated heterocycles. The largest absolute Gasteiger partial charge is 0.310 e. The Bertz CT molecular complexity index is 568. The van der Waals surface area contributed by atoms with Crippen LogP contribution < -0.4 is 5.56 Å². The number of aryl methyl sites for hydroxylation is 3. The molecule has 0 aromatic carbocycles. The molecule has 4 heteroatoms. The third-order valence-corrected chi connectivity index (χ3v) is 3.96. The summed E-state index contributed by atoms with van der Waals surface area (Å²) >= 11 is 1.61. The van der Waals surface area contributed by atoms with Gasteiger partial charge < -0.3 is 4.98 Å². The zero-order valence-corrected chi connectivity index (χ0v) is 10.7. The highest BCUT2D eigenvalue weighted by molar-refractivity contribution is 7.18. The maximum atomic E-state index is 11.9. The number of unbranched alkanes of at least 4 members (excludes halogenated alkanes) is 1. The van der Waals surface area contributed by atoms with E-state index in [2.05, 4.69) is 16.9 Å². The summed E-state index contributed by atoms with van der Waals surface area (Å²) in [6.07, 6.45) is 3.04. The van der Waals surface area contributed by atoms with Crippen molar-refractivity contribution in [1.82, 2.24) is 9.97 Å². The third-order valence-electron chi connectivity index (χ3n) is 2.86. The molecule has 0 aliphatic heterocycles. The number of rotatable bonds is 3. The van der Waals surface area contributed by atoms with Gasteiger partial charge in [0, 0.05) is 11.3 Å². The average Bonchev–Trinajstić information content (AvgIpc) is 2.52. The van der Waals surface area contributed by atoms with E-state index in [1.54, 1.807) is 11.3 Å². The number of aromatic amines is 1. The number of H-pyrrole nitrogens is 1. The van der Waals surface area contributed by atoms with Crippen molar-refractivity contribution < 1.29 is 0 Å². The van der Waals surface area contributed by atoms with Crippen LogP contribution in [0.3, 0.4) is 0 Å². The summed E-state index contributed by atoms with van der Waals surface area (Å²) in [6, 6.07) is 0. The molecule has 2 heterocycles. The molecular weight excluding hydrogens is 220 g/mol. The predicted molar refractivity (Wildman–Crippen MR) is 68.3 cm³/mol. The zero-order valence-electron chi connectivity index (χ0n) is 9.89. The number of thiophene rings is 1. The first-order valence-electron chi connectivity index (χ1n) is 5.62. The van der Waals surface area contributed by atoms with Crippen LogP contribution in [-0.2, 0) is 6.42 Å². The Morgan fingerprint density at radius 3 is 2.81 bits per heavy atom. The molecule has 0 unspecified atom stereocenters. The number of hydrogen-bond acceptors (Lipinski definition) is 3. The van der Waals surface area contributed by atoms with E-state index in [0.717, 1.165) is 40.9 Å². The van der Waals surface area contributed by atoms with E-state index in [4.69, 9.17) is 0 Å². The minimum atomic E-state index is 0.0120. The van der Waals surface area contributed by atoms with Gasteiger partial charge in [0.05, 0.1) is 5.39 Å². The van der Waals surface area contributed by atoms with Gasteiger partial charge in [-0.05, 0) is 25.8 Å². The topological polar surface area (TPSA) is 45.8 Å². The molecule has 0 amide bonds. The molecule has 1 N–H and O–H groups in total. The van der Waals surface area contributed by atoms with Crippen LogP contribution in [-0.4, -0.2) is 9.97 Å². The van der Waals surface area contributed by atoms with E-state index in [9.17, 15) is 4.79 Å². The van der Waals surface area contributed by atoms with Gasteiger partial charge in [0.2, 0.25) is 0 Å². The first kappa shape index (κ1) is 11.3. The summed E-state index contributed by atoms with van der Waals surface area (Å²) in [5.74, 6) is 0.820. The molecule has 2 rings (SSSR count). The second-order valence-electron chi connectivity index (χ2n) is 4.08. The van der Waals surface area contributed by atoms with Crippen LogP contribution in [0.2, 0.25) is 0 Å². The lowest BCUT2D eigenvalue weighted by atomic mass is 10.2. The highest BCUT2D eigenvalue weighted by Gasteiger charge is 2.11. The lowest BCUT2D eigenvalue weighted by Gasteiger charge is -1.99. The van der Waals surface area contributed by atoms with E-state index in [0.29, 0.717) is 0 Å². The Balaban J connectivity index is 2.55. The van der Waals surface area contributed by atoms with E-state index in [1.165, 1.54) is 4.88 Å². The van der Waals surface area contributed by atoms with Crippen molar-refractivity contribution in [1.29, 1.82) is 0 Å². The van der Waals surface area contributed by atoms with Crippen molar-refractivity contribution in [2.24, 2.45) is 0 Å². The summed E-state index contributed by atoms with van der Waals surface area (Å²) in [4.78, 5) is 21.4. The molecule has 0 saturated carbocycles. The van der Waals surface area contributed by atoms with Crippen molar-refractivity contribution >= 4 is 21.6 Å². The predicted octanol–water partition coefficient (Wildman–Crippen LogP) is 2.94. The summed E-state index contributed by atoms with van der Waals surface area (Å²) in [6.45, 7) is 6.15. The number of nitrogens with one attached hydrogen (secondary N) is 1. The van der Waals surface area contributed by atoms with Gasteiger partial charge in [-0.1, -0.05) is 13.3 Å². The number of hydrogen-bond donors (Lipinski definition) is 1. The first-order chi connectivity index (χ1) is 7.63. The highest BCUT2D eigenvalue weighted by Crippen LogP contribution is 2.25. The Kier molecular flexibility index (Phi) is 3.10. The standard InChI is InChI=1S/C12H16N2OS/c1-4-5-6-9-13-11(15)10-7(2)8(3)16-12(10)14-9/h4-6H2,1-3H3,(H,13,14,15). The van der Waals surface area contributed by atoms with Gasteiger partial charge in [0.25, 0.3) is 5.56 Å². The second kappa shape index (κ2) is 4.37. The fourth-order valence-electron chi connectivity index (χ4n) is 1.76. The minimum Gasteiger partial charge on any atom is -0.310 e. The lowest BCUT2D eigenvalue weighted by Crippen LogP contribution is -2.11. The van der Waals surface area contributed by atoms with Crippen LogP contribution in [0.4, 0.5) is 0 Å². The van der Waals surface area contributed by atoms with Crippen LogP contribution >= 0.6 is 11.3 Å². The van der Waals surface area contributed by atoms with Gasteiger partial charge in [0.1, 0.15) is 10.7 Å². The molecule has 86 valence electrons. The average molecular weight is 236 g/mol. The van der Waals surface area contributed by atoms with E-state index < -0.39 is 0 Å². The quantitative estimate of drug-likeness (QED) is 0.890. The molecule has 0 radical (unpaired) electrons. The highest BCUT2D eigenvalue weighted by atomic mass is 32.1. The maximum absolute atomic E-state index is 11.9. The van der Waals surface area contributed by atoms with E-state index in [-0.39, 0.29) is 5.56 Å². The maximum Gasteiger partial charge on any atom is 0.259 e. The smallest absolute Gasteiger partial charge is 0.259 e. The Labute approximate surface area is 98.5 Å². The third kappa shape index (κ3) is 1.89. The van der Waals surface area contributed by atoms with Gasteiger partial charge in [0.15, 0.2) is 0 Å². The minimum absolute atomic E-state index is 0.0120. The van der Waals surface area contributed by atoms with Gasteiger partial charge in [-0.3, -0.25) is 4.79 Å². The number of fused-ring (bicyclic) bond motifs is 1. The molecule has 0 fully saturated rings. The Morgan fingerprint density at radius 1 is 1.38 bits per heavy atom. The van der Waals surface area contributed by atoms with Gasteiger partial charge in [-0.2, -0.15) is 0 Å². The molecule has 2 aromatic heterocycles. The van der Waals surface area contributed by atoms with E-state index >= 15 is 0 Å². The molecule has 0 atom stereocenters. The van der Waals surface area contributed by atoms with Crippen molar-refractivity contribution in [3.8, 4) is 0 Å². The molecule has 16 heavy (non-hydrogen) atoms. The Morgan fingerprint density at radius 2 is 2.12 bits per heavy atom. The molecule has 0 aliphatic rings. The first-order valence-corrected chi connectivity index (χ1v) is 6.44. The molecule has 0 aliphatic carbocycles. The number of aromatic nitrogens is 2. The van der Waals surface area contributed by atoms with E-state index in [1.807, 2.05) is 13.8 Å². The SMILES string of the molecule is CCCCc1nc2sc(C)c(C)c2c(=O)[nH]1. The van der Waals surface area contributed by atoms with Crippen molar-refractivity contribution in [3.63, 3.8) is 0 Å². The molecule has 0 spiro atoms. The van der Waals surface area contributed by atoms with Crippen LogP contribution in [0.25, 0.3) is 10.2 Å². The summed E-state index contributed by atoms with van der Waals surface area (Å²) in [7, 11) is 0. The second-order valence-corrected chi connectivity index (χ2v) is 5.28. The van der Waals surface area contributed by atoms with Crippen molar-refractivity contribution in [3.05, 3.63) is 26.6 Å². The fourth-order valence-corrected chi connectivity index (χ4v) is 2.81. The van der Waals surface area contributed by atoms with Crippen LogP contribution in [0.5, 0.6) is 0 Å². The van der Waals surface area contributed by atoms with Gasteiger partial charge in [-0.25, -0.2) is 4.98 Å². The molecule has 2 aromatic rings. The van der Waals surface area contributed by atoms with Crippen LogP contribution in [0.15, 0.2) is 4.79 Å². The van der Waals surface area contributed by atoms with Crippen molar-refractivity contribution in [2.45, 2.75) is 40.0 Å². The fraction of sp³-hybridized carbons (Fsp3) is 0.500. The van der Waals surface area contributed by atoms with Crippen LogP contribution in [0.1, 0.15) is 36.0 Å². The molecular formula is C12H16N2OS. The summed E-state index contributed by atoms with van der Waals surface area (Å²) in [5.41, 5.74) is 1.08. The van der Waals surface area contributed by atoms with Gasteiger partial charge in [-0.15, -0.1) is 11.3 Å². The lowest BCUT2D eigenvalue weighted by molar-refractivity contribution is 0.754. The molecule has 0 bridgehead atoms. The summed E-state index contributed by atoms with van der Waals surface area (Å²) < 4.78 is 0. The Hall–Kier alpha value is -1.16. The normalized spacial score (nSPS) is 11.2. The van der Waals surface area contributed by atoms with Crippen molar-refractivity contribution in [2.75, 3.05) is 0 Å². The number of nitrogens with zero attached hydrogens (tertiary/aromatic N) is 1. The van der Waals surface area contributed by atoms with Gasteiger partial charge >= 0.3 is 0 Å². The molecule has 3 nitrogen and oxygen atoms in total. The monoisotopic (exact) mass is 236 g/mol. The van der Waals surface area contributed by atoms with Crippen LogP contribution in [0, 0.1) is 13.8 Å².